The van der Waals surface area contributed by atoms with Crippen molar-refractivity contribution in [2.45, 2.75) is 13.5 Å². The van der Waals surface area contributed by atoms with Gasteiger partial charge in [0.2, 0.25) is 0 Å². The van der Waals surface area contributed by atoms with Crippen molar-refractivity contribution in [1.29, 1.82) is 0 Å². The normalized spacial score (nSPS) is 12.1. The van der Waals surface area contributed by atoms with E-state index in [0.717, 1.165) is 4.31 Å². The van der Waals surface area contributed by atoms with Gasteiger partial charge in [0, 0.05) is 43.8 Å². The van der Waals surface area contributed by atoms with Crippen molar-refractivity contribution in [3.63, 3.8) is 0 Å². The first-order valence-corrected chi connectivity index (χ1v) is 11.6. The third-order valence-corrected chi connectivity index (χ3v) is 7.47. The highest BCUT2D eigenvalue weighted by Gasteiger charge is 2.24. The topological polar surface area (TPSA) is 71.4 Å². The molecular formula is C20H20Cl3N3O3S. The second-order valence-corrected chi connectivity index (χ2v) is 10.0. The molecular weight excluding hydrogens is 469 g/mol. The minimum atomic E-state index is -3.57. The Morgan fingerprint density at radius 1 is 1.07 bits per heavy atom. The Bertz CT molecular complexity index is 1240. The number of carbonyl (C=O) groups is 1. The van der Waals surface area contributed by atoms with E-state index in [-0.39, 0.29) is 23.9 Å². The maximum atomic E-state index is 13.4. The predicted octanol–water partition coefficient (Wildman–Crippen LogP) is 4.54. The van der Waals surface area contributed by atoms with E-state index in [4.69, 9.17) is 34.8 Å². The monoisotopic (exact) mass is 487 g/mol. The Hall–Kier alpha value is -1.61. The lowest BCUT2D eigenvalue weighted by atomic mass is 10.0. The van der Waals surface area contributed by atoms with E-state index in [0.29, 0.717) is 37.8 Å². The molecule has 0 amide bonds. The smallest absolute Gasteiger partial charge is 0.278 e. The number of nitrogens with zero attached hydrogens (tertiary/aromatic N) is 2. The number of hydrogen-bond acceptors (Lipinski definition) is 3. The lowest BCUT2D eigenvalue weighted by Crippen LogP contribution is -2.37. The quantitative estimate of drug-likeness (QED) is 0.496. The van der Waals surface area contributed by atoms with Crippen molar-refractivity contribution in [1.82, 2.24) is 13.6 Å². The molecule has 160 valence electrons. The van der Waals surface area contributed by atoms with Crippen LogP contribution in [0.2, 0.25) is 15.1 Å². The number of para-hydroxylation sites is 1. The molecule has 30 heavy (non-hydrogen) atoms. The van der Waals surface area contributed by atoms with Crippen LogP contribution in [0.25, 0.3) is 10.9 Å². The number of ketones is 1. The minimum Gasteiger partial charge on any atom is -0.342 e. The third kappa shape index (κ3) is 4.23. The number of halogens is 3. The lowest BCUT2D eigenvalue weighted by Gasteiger charge is -2.14. The number of benzene rings is 2. The summed E-state index contributed by atoms with van der Waals surface area (Å²) in [5, 5.41) is 1.60. The molecule has 0 atom stereocenters. The van der Waals surface area contributed by atoms with Crippen molar-refractivity contribution >= 4 is 61.7 Å². The molecule has 1 aromatic heterocycles. The van der Waals surface area contributed by atoms with Crippen LogP contribution < -0.4 is 4.72 Å². The number of rotatable bonds is 7. The van der Waals surface area contributed by atoms with Crippen LogP contribution in [0.4, 0.5) is 0 Å². The van der Waals surface area contributed by atoms with Crippen LogP contribution in [0.3, 0.4) is 0 Å². The third-order valence-electron chi connectivity index (χ3n) is 4.82. The Morgan fingerprint density at radius 3 is 2.37 bits per heavy atom. The molecule has 0 aliphatic rings. The molecule has 0 unspecified atom stereocenters. The van der Waals surface area contributed by atoms with E-state index < -0.39 is 10.2 Å². The van der Waals surface area contributed by atoms with Gasteiger partial charge in [0.15, 0.2) is 5.78 Å². The van der Waals surface area contributed by atoms with E-state index in [9.17, 15) is 13.2 Å². The van der Waals surface area contributed by atoms with Gasteiger partial charge in [0.25, 0.3) is 10.2 Å². The molecule has 0 fully saturated rings. The molecule has 10 heteroatoms. The molecule has 3 rings (SSSR count). The standard InChI is InChI=1S/C20H20Cl3N3O3S/c1-12-17(20(27)14-7-5-8-15(21)18(14)23)13-6-4-9-16(22)19(13)26(12)11-10-24-30(28,29)25(2)3/h4-9,24H,10-11H2,1-3H3. The Morgan fingerprint density at radius 2 is 1.70 bits per heavy atom. The van der Waals surface area contributed by atoms with Gasteiger partial charge in [-0.1, -0.05) is 53.0 Å². The minimum absolute atomic E-state index is 0.127. The highest BCUT2D eigenvalue weighted by Crippen LogP contribution is 2.35. The van der Waals surface area contributed by atoms with Crippen LogP contribution in [0, 0.1) is 6.92 Å². The Labute approximate surface area is 190 Å². The predicted molar refractivity (Wildman–Crippen MR) is 122 cm³/mol. The zero-order valence-corrected chi connectivity index (χ0v) is 19.6. The van der Waals surface area contributed by atoms with Crippen molar-refractivity contribution < 1.29 is 13.2 Å². The van der Waals surface area contributed by atoms with Crippen molar-refractivity contribution in [3.05, 3.63) is 68.3 Å². The summed E-state index contributed by atoms with van der Waals surface area (Å²) < 4.78 is 29.4. The summed E-state index contributed by atoms with van der Waals surface area (Å²) in [5.41, 5.74) is 2.05. The van der Waals surface area contributed by atoms with Gasteiger partial charge in [-0.25, -0.2) is 4.72 Å². The number of aromatic nitrogens is 1. The second-order valence-electron chi connectivity index (χ2n) is 6.86. The van der Waals surface area contributed by atoms with Crippen LogP contribution in [0.15, 0.2) is 36.4 Å². The van der Waals surface area contributed by atoms with Gasteiger partial charge in [-0.2, -0.15) is 12.7 Å². The SMILES string of the molecule is Cc1c(C(=O)c2cccc(Cl)c2Cl)c2cccc(Cl)c2n1CCNS(=O)(=O)N(C)C. The highest BCUT2D eigenvalue weighted by atomic mass is 35.5. The van der Waals surface area contributed by atoms with E-state index >= 15 is 0 Å². The number of hydrogen-bond donors (Lipinski definition) is 1. The summed E-state index contributed by atoms with van der Waals surface area (Å²) in [7, 11) is -0.679. The van der Waals surface area contributed by atoms with Crippen molar-refractivity contribution in [2.75, 3.05) is 20.6 Å². The fraction of sp³-hybridized carbons (Fsp3) is 0.250. The van der Waals surface area contributed by atoms with E-state index in [1.54, 1.807) is 43.3 Å². The lowest BCUT2D eigenvalue weighted by molar-refractivity contribution is 0.103. The molecule has 1 heterocycles. The maximum absolute atomic E-state index is 13.4. The van der Waals surface area contributed by atoms with Gasteiger partial charge in [0.05, 0.1) is 26.1 Å². The van der Waals surface area contributed by atoms with E-state index in [1.165, 1.54) is 14.1 Å². The fourth-order valence-corrected chi connectivity index (χ4v) is 4.55. The molecule has 1 N–H and O–H groups in total. The summed E-state index contributed by atoms with van der Waals surface area (Å²) in [5.74, 6) is -0.278. The molecule has 6 nitrogen and oxygen atoms in total. The van der Waals surface area contributed by atoms with Crippen LogP contribution in [0.1, 0.15) is 21.6 Å². The average molecular weight is 489 g/mol. The molecule has 0 radical (unpaired) electrons. The fourth-order valence-electron chi connectivity index (χ4n) is 3.28. The van der Waals surface area contributed by atoms with Gasteiger partial charge >= 0.3 is 0 Å². The summed E-state index contributed by atoms with van der Waals surface area (Å²) in [6, 6.07) is 10.2. The first kappa shape index (κ1) is 23.1. The van der Waals surface area contributed by atoms with Crippen molar-refractivity contribution in [2.24, 2.45) is 0 Å². The number of carbonyl (C=O) groups excluding carboxylic acids is 1. The maximum Gasteiger partial charge on any atom is 0.278 e. The summed E-state index contributed by atoms with van der Waals surface area (Å²) in [6.07, 6.45) is 0. The molecule has 0 spiro atoms. The molecule has 3 aromatic rings. The molecule has 0 aliphatic carbocycles. The largest absolute Gasteiger partial charge is 0.342 e. The molecule has 0 aliphatic heterocycles. The van der Waals surface area contributed by atoms with Crippen molar-refractivity contribution in [3.8, 4) is 0 Å². The Kier molecular flexibility index (Phi) is 6.81. The van der Waals surface area contributed by atoms with Gasteiger partial charge in [-0.15, -0.1) is 0 Å². The van der Waals surface area contributed by atoms with Crippen LogP contribution in [-0.2, 0) is 16.8 Å². The molecule has 0 saturated heterocycles. The first-order chi connectivity index (χ1) is 14.1. The molecule has 0 saturated carbocycles. The average Bonchev–Trinajstić information content (AvgIpc) is 2.96. The number of fused-ring (bicyclic) bond motifs is 1. The highest BCUT2D eigenvalue weighted by molar-refractivity contribution is 7.87. The second kappa shape index (κ2) is 8.86. The zero-order chi connectivity index (χ0) is 22.2. The number of nitrogens with one attached hydrogen (secondary N) is 1. The van der Waals surface area contributed by atoms with E-state index in [1.807, 2.05) is 4.57 Å². The van der Waals surface area contributed by atoms with Crippen LogP contribution in [0.5, 0.6) is 0 Å². The van der Waals surface area contributed by atoms with Gasteiger partial charge < -0.3 is 4.57 Å². The molecule has 2 aromatic carbocycles. The Balaban J connectivity index is 2.09. The van der Waals surface area contributed by atoms with Crippen LogP contribution >= 0.6 is 34.8 Å². The van der Waals surface area contributed by atoms with Gasteiger partial charge in [0.1, 0.15) is 0 Å². The van der Waals surface area contributed by atoms with Gasteiger partial charge in [-0.05, 0) is 25.1 Å². The summed E-state index contributed by atoms with van der Waals surface area (Å²) in [4.78, 5) is 13.4. The summed E-state index contributed by atoms with van der Waals surface area (Å²) >= 11 is 18.8. The van der Waals surface area contributed by atoms with Crippen LogP contribution in [-0.4, -0.2) is 43.7 Å². The first-order valence-electron chi connectivity index (χ1n) is 8.99. The van der Waals surface area contributed by atoms with E-state index in [2.05, 4.69) is 4.72 Å². The zero-order valence-electron chi connectivity index (χ0n) is 16.5. The summed E-state index contributed by atoms with van der Waals surface area (Å²) in [6.45, 7) is 2.21. The molecule has 0 bridgehead atoms. The van der Waals surface area contributed by atoms with Gasteiger partial charge in [-0.3, -0.25) is 4.79 Å².